The second-order valence-electron chi connectivity index (χ2n) is 3.83. The van der Waals surface area contributed by atoms with Crippen molar-refractivity contribution in [1.29, 1.82) is 0 Å². The molecule has 0 spiro atoms. The smallest absolute Gasteiger partial charge is 0.181 e. The number of rotatable bonds is 7. The van der Waals surface area contributed by atoms with E-state index in [9.17, 15) is 13.2 Å². The number of carbonyl (C=O) groups is 1. The van der Waals surface area contributed by atoms with Crippen molar-refractivity contribution < 1.29 is 22.7 Å². The number of Topliss-reactive ketones (excluding diaryl/α,β-unsaturated/α-hetero) is 1. The van der Waals surface area contributed by atoms with Gasteiger partial charge in [0.05, 0.1) is 12.2 Å². The molecule has 100 valence electrons. The summed E-state index contributed by atoms with van der Waals surface area (Å²) in [5.41, 5.74) is 0.277. The first-order chi connectivity index (χ1) is 8.44. The van der Waals surface area contributed by atoms with Gasteiger partial charge in [0.1, 0.15) is 18.1 Å². The van der Waals surface area contributed by atoms with Crippen LogP contribution in [0.5, 0.6) is 5.75 Å². The molecular formula is C12H16O5S. The van der Waals surface area contributed by atoms with Gasteiger partial charge in [0, 0.05) is 13.4 Å². The molecule has 0 atom stereocenters. The molecule has 0 unspecified atom stereocenters. The fourth-order valence-corrected chi connectivity index (χ4v) is 2.01. The number of benzene rings is 1. The maximum Gasteiger partial charge on any atom is 0.181 e. The molecule has 1 rings (SSSR count). The number of ether oxygens (including phenoxy) is 2. The number of sulfone groups is 1. The van der Waals surface area contributed by atoms with Crippen LogP contribution in [0.2, 0.25) is 0 Å². The SMILES string of the molecule is COCCOc1ccccc1C(=O)CS(C)(=O)=O. The molecule has 0 bridgehead atoms. The largest absolute Gasteiger partial charge is 0.490 e. The van der Waals surface area contributed by atoms with Gasteiger partial charge in [-0.05, 0) is 12.1 Å². The molecule has 5 nitrogen and oxygen atoms in total. The van der Waals surface area contributed by atoms with Crippen LogP contribution in [0.25, 0.3) is 0 Å². The third-order valence-corrected chi connectivity index (χ3v) is 2.91. The second kappa shape index (κ2) is 6.51. The van der Waals surface area contributed by atoms with E-state index >= 15 is 0 Å². The number of methoxy groups -OCH3 is 1. The monoisotopic (exact) mass is 272 g/mol. The minimum Gasteiger partial charge on any atom is -0.490 e. The lowest BCUT2D eigenvalue weighted by Gasteiger charge is -2.09. The van der Waals surface area contributed by atoms with E-state index in [1.54, 1.807) is 31.4 Å². The van der Waals surface area contributed by atoms with Crippen LogP contribution in [-0.4, -0.2) is 46.5 Å². The van der Waals surface area contributed by atoms with Crippen LogP contribution >= 0.6 is 0 Å². The number of hydrogen-bond acceptors (Lipinski definition) is 5. The predicted octanol–water partition coefficient (Wildman–Crippen LogP) is 0.939. The van der Waals surface area contributed by atoms with Crippen molar-refractivity contribution in [3.05, 3.63) is 29.8 Å². The zero-order chi connectivity index (χ0) is 13.6. The zero-order valence-corrected chi connectivity index (χ0v) is 11.2. The highest BCUT2D eigenvalue weighted by Crippen LogP contribution is 2.19. The summed E-state index contributed by atoms with van der Waals surface area (Å²) in [5, 5.41) is 0. The molecule has 1 aromatic carbocycles. The Bertz CT molecular complexity index is 507. The highest BCUT2D eigenvalue weighted by molar-refractivity contribution is 7.91. The van der Waals surface area contributed by atoms with Gasteiger partial charge < -0.3 is 9.47 Å². The van der Waals surface area contributed by atoms with Crippen molar-refractivity contribution in [3.63, 3.8) is 0 Å². The van der Waals surface area contributed by atoms with E-state index < -0.39 is 21.4 Å². The number of ketones is 1. The minimum atomic E-state index is -3.34. The van der Waals surface area contributed by atoms with Gasteiger partial charge in [0.25, 0.3) is 0 Å². The summed E-state index contributed by atoms with van der Waals surface area (Å²) in [4.78, 5) is 11.8. The Hall–Kier alpha value is -1.40. The van der Waals surface area contributed by atoms with E-state index in [0.717, 1.165) is 6.26 Å². The van der Waals surface area contributed by atoms with Crippen molar-refractivity contribution in [2.24, 2.45) is 0 Å². The van der Waals surface area contributed by atoms with Gasteiger partial charge in [-0.2, -0.15) is 0 Å². The summed E-state index contributed by atoms with van der Waals surface area (Å²) >= 11 is 0. The molecule has 0 aliphatic heterocycles. The molecule has 18 heavy (non-hydrogen) atoms. The molecule has 0 aliphatic rings. The quantitative estimate of drug-likeness (QED) is 0.546. The average Bonchev–Trinajstić information content (AvgIpc) is 2.27. The lowest BCUT2D eigenvalue weighted by atomic mass is 10.1. The summed E-state index contributed by atoms with van der Waals surface area (Å²) < 4.78 is 32.4. The number of hydrogen-bond donors (Lipinski definition) is 0. The fourth-order valence-electron chi connectivity index (χ4n) is 1.37. The minimum absolute atomic E-state index is 0.277. The van der Waals surface area contributed by atoms with Crippen LogP contribution in [0, 0.1) is 0 Å². The summed E-state index contributed by atoms with van der Waals surface area (Å²) in [5.74, 6) is -0.605. The Morgan fingerprint density at radius 3 is 2.50 bits per heavy atom. The summed E-state index contributed by atoms with van der Waals surface area (Å²) in [6, 6.07) is 6.57. The van der Waals surface area contributed by atoms with Crippen LogP contribution < -0.4 is 4.74 Å². The van der Waals surface area contributed by atoms with Crippen LogP contribution in [0.4, 0.5) is 0 Å². The molecule has 0 fully saturated rings. The van der Waals surface area contributed by atoms with E-state index in [1.807, 2.05) is 0 Å². The van der Waals surface area contributed by atoms with E-state index in [2.05, 4.69) is 0 Å². The predicted molar refractivity (Wildman–Crippen MR) is 67.9 cm³/mol. The number of para-hydroxylation sites is 1. The van der Waals surface area contributed by atoms with E-state index in [0.29, 0.717) is 19.0 Å². The van der Waals surface area contributed by atoms with Crippen molar-refractivity contribution in [1.82, 2.24) is 0 Å². The Morgan fingerprint density at radius 2 is 1.89 bits per heavy atom. The van der Waals surface area contributed by atoms with Crippen molar-refractivity contribution >= 4 is 15.6 Å². The number of carbonyl (C=O) groups excluding carboxylic acids is 1. The first-order valence-corrected chi connectivity index (χ1v) is 7.42. The molecule has 0 aliphatic carbocycles. The first kappa shape index (κ1) is 14.7. The Balaban J connectivity index is 2.84. The maximum atomic E-state index is 11.8. The van der Waals surface area contributed by atoms with Crippen molar-refractivity contribution in [2.75, 3.05) is 32.3 Å². The first-order valence-electron chi connectivity index (χ1n) is 5.36. The van der Waals surface area contributed by atoms with E-state index in [-0.39, 0.29) is 5.56 Å². The molecule has 1 aromatic rings. The highest BCUT2D eigenvalue weighted by Gasteiger charge is 2.17. The van der Waals surface area contributed by atoms with Crippen LogP contribution in [0.3, 0.4) is 0 Å². The maximum absolute atomic E-state index is 11.8. The van der Waals surface area contributed by atoms with Crippen LogP contribution in [0.1, 0.15) is 10.4 Å². The molecule has 0 aromatic heterocycles. The van der Waals surface area contributed by atoms with Gasteiger partial charge in [0.15, 0.2) is 15.6 Å². The fraction of sp³-hybridized carbons (Fsp3) is 0.417. The average molecular weight is 272 g/mol. The summed E-state index contributed by atoms with van der Waals surface area (Å²) in [7, 11) is -1.80. The van der Waals surface area contributed by atoms with E-state index in [4.69, 9.17) is 9.47 Å². The molecule has 0 N–H and O–H groups in total. The van der Waals surface area contributed by atoms with Crippen LogP contribution in [-0.2, 0) is 14.6 Å². The highest BCUT2D eigenvalue weighted by atomic mass is 32.2. The Morgan fingerprint density at radius 1 is 1.22 bits per heavy atom. The zero-order valence-electron chi connectivity index (χ0n) is 10.4. The molecule has 0 radical (unpaired) electrons. The lowest BCUT2D eigenvalue weighted by Crippen LogP contribution is -2.16. The molecule has 6 heteroatoms. The van der Waals surface area contributed by atoms with Gasteiger partial charge in [-0.15, -0.1) is 0 Å². The van der Waals surface area contributed by atoms with Gasteiger partial charge in [0.2, 0.25) is 0 Å². The summed E-state index contributed by atoms with van der Waals surface area (Å²) in [6.07, 6.45) is 1.03. The Kier molecular flexibility index (Phi) is 5.30. The van der Waals surface area contributed by atoms with Crippen molar-refractivity contribution in [3.8, 4) is 5.75 Å². The third-order valence-electron chi connectivity index (χ3n) is 2.13. The molecule has 0 heterocycles. The third kappa shape index (κ3) is 4.85. The summed E-state index contributed by atoms with van der Waals surface area (Å²) in [6.45, 7) is 0.703. The topological polar surface area (TPSA) is 69.7 Å². The second-order valence-corrected chi connectivity index (χ2v) is 5.97. The van der Waals surface area contributed by atoms with Gasteiger partial charge in [-0.25, -0.2) is 8.42 Å². The standard InChI is InChI=1S/C12H16O5S/c1-16-7-8-17-12-6-4-3-5-10(12)11(13)9-18(2,14)15/h3-6H,7-9H2,1-2H3. The van der Waals surface area contributed by atoms with Gasteiger partial charge in [-0.3, -0.25) is 4.79 Å². The van der Waals surface area contributed by atoms with E-state index in [1.165, 1.54) is 0 Å². The lowest BCUT2D eigenvalue weighted by molar-refractivity contribution is 0.101. The molecule has 0 saturated heterocycles. The Labute approximate surface area is 107 Å². The van der Waals surface area contributed by atoms with Crippen LogP contribution in [0.15, 0.2) is 24.3 Å². The van der Waals surface area contributed by atoms with Gasteiger partial charge in [-0.1, -0.05) is 12.1 Å². The molecule has 0 amide bonds. The molecule has 0 saturated carbocycles. The van der Waals surface area contributed by atoms with Crippen molar-refractivity contribution in [2.45, 2.75) is 0 Å². The molecular weight excluding hydrogens is 256 g/mol. The normalized spacial score (nSPS) is 11.2. The van der Waals surface area contributed by atoms with Gasteiger partial charge >= 0.3 is 0 Å².